The third-order valence-corrected chi connectivity index (χ3v) is 3.21. The van der Waals surface area contributed by atoms with E-state index < -0.39 is 0 Å². The van der Waals surface area contributed by atoms with Gasteiger partial charge in [-0.2, -0.15) is 0 Å². The normalized spacial score (nSPS) is 19.2. The minimum absolute atomic E-state index is 0.977. The van der Waals surface area contributed by atoms with E-state index in [1.54, 1.807) is 0 Å². The van der Waals surface area contributed by atoms with E-state index in [9.17, 15) is 0 Å². The van der Waals surface area contributed by atoms with Crippen LogP contribution in [-0.2, 0) is 0 Å². The Morgan fingerprint density at radius 2 is 1.67 bits per heavy atom. The number of rotatable bonds is 5. The van der Waals surface area contributed by atoms with Crippen molar-refractivity contribution >= 4 is 0 Å². The van der Waals surface area contributed by atoms with Crippen LogP contribution in [0.2, 0.25) is 0 Å². The fourth-order valence-electron chi connectivity index (χ4n) is 2.07. The fraction of sp³-hybridized carbons (Fsp3) is 1.00. The van der Waals surface area contributed by atoms with Crippen molar-refractivity contribution in [1.82, 2.24) is 4.90 Å². The molecule has 0 saturated carbocycles. The smallest absolute Gasteiger partial charge is 0.00161 e. The fourth-order valence-corrected chi connectivity index (χ4v) is 2.07. The van der Waals surface area contributed by atoms with E-state index in [0.717, 1.165) is 5.92 Å². The Morgan fingerprint density at radius 3 is 2.17 bits per heavy atom. The first-order valence-electron chi connectivity index (χ1n) is 5.59. The minimum Gasteiger partial charge on any atom is -0.303 e. The highest BCUT2D eigenvalue weighted by atomic mass is 15.1. The van der Waals surface area contributed by atoms with Crippen molar-refractivity contribution in [3.8, 4) is 0 Å². The number of hydrogen-bond acceptors (Lipinski definition) is 1. The monoisotopic (exact) mass is 169 g/mol. The van der Waals surface area contributed by atoms with Crippen LogP contribution in [0.3, 0.4) is 0 Å². The molecule has 0 bridgehead atoms. The van der Waals surface area contributed by atoms with Gasteiger partial charge in [0.2, 0.25) is 0 Å². The van der Waals surface area contributed by atoms with E-state index >= 15 is 0 Å². The van der Waals surface area contributed by atoms with Crippen molar-refractivity contribution in [3.05, 3.63) is 0 Å². The van der Waals surface area contributed by atoms with Crippen LogP contribution < -0.4 is 0 Å². The van der Waals surface area contributed by atoms with Crippen LogP contribution in [0.4, 0.5) is 0 Å². The van der Waals surface area contributed by atoms with E-state index in [0.29, 0.717) is 0 Å². The van der Waals surface area contributed by atoms with Gasteiger partial charge >= 0.3 is 0 Å². The second kappa shape index (κ2) is 5.58. The molecule has 1 nitrogen and oxygen atoms in total. The molecule has 0 aromatic heterocycles. The summed E-state index contributed by atoms with van der Waals surface area (Å²) < 4.78 is 0. The average molecular weight is 169 g/mol. The maximum absolute atomic E-state index is 2.62. The van der Waals surface area contributed by atoms with Crippen molar-refractivity contribution < 1.29 is 0 Å². The first kappa shape index (κ1) is 10.0. The summed E-state index contributed by atoms with van der Waals surface area (Å²) in [5, 5.41) is 0. The number of nitrogens with zero attached hydrogens (tertiary/aromatic N) is 1. The van der Waals surface area contributed by atoms with Crippen LogP contribution >= 0.6 is 0 Å². The van der Waals surface area contributed by atoms with Crippen LogP contribution in [0, 0.1) is 5.92 Å². The molecule has 0 aromatic rings. The summed E-state index contributed by atoms with van der Waals surface area (Å²) in [7, 11) is 0. The maximum Gasteiger partial charge on any atom is -0.00161 e. The van der Waals surface area contributed by atoms with E-state index in [1.807, 2.05) is 0 Å². The molecule has 12 heavy (non-hydrogen) atoms. The molecule has 1 fully saturated rings. The molecule has 1 rings (SSSR count). The molecule has 0 N–H and O–H groups in total. The van der Waals surface area contributed by atoms with E-state index in [-0.39, 0.29) is 0 Å². The third kappa shape index (κ3) is 3.14. The quantitative estimate of drug-likeness (QED) is 0.611. The lowest BCUT2D eigenvalue weighted by Gasteiger charge is -2.18. The van der Waals surface area contributed by atoms with Crippen LogP contribution in [0.15, 0.2) is 0 Å². The molecule has 1 heteroatoms. The number of likely N-dealkylation sites (tertiary alicyclic amines) is 1. The van der Waals surface area contributed by atoms with Gasteiger partial charge in [-0.3, -0.25) is 0 Å². The van der Waals surface area contributed by atoms with Crippen LogP contribution in [0.5, 0.6) is 0 Å². The van der Waals surface area contributed by atoms with Crippen molar-refractivity contribution in [3.63, 3.8) is 0 Å². The van der Waals surface area contributed by atoms with Gasteiger partial charge in [0.1, 0.15) is 0 Å². The van der Waals surface area contributed by atoms with E-state index in [2.05, 4.69) is 18.7 Å². The Kier molecular flexibility index (Phi) is 4.67. The molecule has 1 saturated heterocycles. The highest BCUT2D eigenvalue weighted by Crippen LogP contribution is 2.15. The summed E-state index contributed by atoms with van der Waals surface area (Å²) in [4.78, 5) is 2.62. The SMILES string of the molecule is CCC(CC)CCN1CCCC1. The standard InChI is InChI=1S/C11H23N/c1-3-11(4-2)7-10-12-8-5-6-9-12/h11H,3-10H2,1-2H3. The highest BCUT2D eigenvalue weighted by Gasteiger charge is 2.12. The molecular formula is C11H23N. The molecular weight excluding hydrogens is 146 g/mol. The summed E-state index contributed by atoms with van der Waals surface area (Å²) in [5.41, 5.74) is 0. The van der Waals surface area contributed by atoms with E-state index in [1.165, 1.54) is 51.7 Å². The molecule has 0 aliphatic carbocycles. The Morgan fingerprint density at radius 1 is 1.08 bits per heavy atom. The first-order valence-corrected chi connectivity index (χ1v) is 5.59. The topological polar surface area (TPSA) is 3.24 Å². The van der Waals surface area contributed by atoms with Gasteiger partial charge in [-0.05, 0) is 44.8 Å². The molecule has 0 amide bonds. The van der Waals surface area contributed by atoms with Crippen LogP contribution in [0.25, 0.3) is 0 Å². The van der Waals surface area contributed by atoms with Crippen molar-refractivity contribution in [2.75, 3.05) is 19.6 Å². The molecule has 1 aliphatic heterocycles. The largest absolute Gasteiger partial charge is 0.303 e. The van der Waals surface area contributed by atoms with E-state index in [4.69, 9.17) is 0 Å². The zero-order valence-electron chi connectivity index (χ0n) is 8.68. The molecule has 1 aliphatic rings. The van der Waals surface area contributed by atoms with Crippen LogP contribution in [0.1, 0.15) is 46.0 Å². The lowest BCUT2D eigenvalue weighted by molar-refractivity contribution is 0.295. The van der Waals surface area contributed by atoms with Gasteiger partial charge < -0.3 is 4.90 Å². The van der Waals surface area contributed by atoms with Crippen molar-refractivity contribution in [1.29, 1.82) is 0 Å². The van der Waals surface area contributed by atoms with Gasteiger partial charge in [0.05, 0.1) is 0 Å². The summed E-state index contributed by atoms with van der Waals surface area (Å²) in [6.07, 6.45) is 7.02. The Bertz CT molecular complexity index is 99.6. The Hall–Kier alpha value is -0.0400. The second-order valence-corrected chi connectivity index (χ2v) is 4.02. The molecule has 0 unspecified atom stereocenters. The summed E-state index contributed by atoms with van der Waals surface area (Å²) in [6, 6.07) is 0. The molecule has 0 aromatic carbocycles. The van der Waals surface area contributed by atoms with Gasteiger partial charge in [-0.25, -0.2) is 0 Å². The minimum atomic E-state index is 0.977. The van der Waals surface area contributed by atoms with Gasteiger partial charge in [-0.1, -0.05) is 26.7 Å². The summed E-state index contributed by atoms with van der Waals surface area (Å²) >= 11 is 0. The Labute approximate surface area is 77.1 Å². The zero-order valence-corrected chi connectivity index (χ0v) is 8.68. The first-order chi connectivity index (χ1) is 5.86. The predicted molar refractivity (Wildman–Crippen MR) is 54.4 cm³/mol. The second-order valence-electron chi connectivity index (χ2n) is 4.02. The molecule has 72 valence electrons. The summed E-state index contributed by atoms with van der Waals surface area (Å²) in [5.74, 6) is 0.977. The average Bonchev–Trinajstić information content (AvgIpc) is 2.59. The van der Waals surface area contributed by atoms with Gasteiger partial charge in [0.25, 0.3) is 0 Å². The summed E-state index contributed by atoms with van der Waals surface area (Å²) in [6.45, 7) is 8.71. The van der Waals surface area contributed by atoms with Crippen molar-refractivity contribution in [2.45, 2.75) is 46.0 Å². The van der Waals surface area contributed by atoms with Crippen molar-refractivity contribution in [2.24, 2.45) is 5.92 Å². The predicted octanol–water partition coefficient (Wildman–Crippen LogP) is 2.91. The van der Waals surface area contributed by atoms with Gasteiger partial charge in [-0.15, -0.1) is 0 Å². The maximum atomic E-state index is 2.62. The Balaban J connectivity index is 2.06. The highest BCUT2D eigenvalue weighted by molar-refractivity contribution is 4.67. The van der Waals surface area contributed by atoms with Gasteiger partial charge in [0, 0.05) is 0 Å². The zero-order chi connectivity index (χ0) is 8.81. The molecule has 0 spiro atoms. The third-order valence-electron chi connectivity index (χ3n) is 3.21. The number of hydrogen-bond donors (Lipinski definition) is 0. The molecule has 1 heterocycles. The lowest BCUT2D eigenvalue weighted by Crippen LogP contribution is -2.22. The molecule has 0 radical (unpaired) electrons. The lowest BCUT2D eigenvalue weighted by atomic mass is 9.99. The molecule has 0 atom stereocenters. The van der Waals surface area contributed by atoms with Crippen LogP contribution in [-0.4, -0.2) is 24.5 Å². The van der Waals surface area contributed by atoms with Gasteiger partial charge in [0.15, 0.2) is 0 Å².